The molecule has 2 heterocycles. The number of anilines is 1. The Labute approximate surface area is 170 Å². The number of nitrogens with two attached hydrogens (primary N) is 1. The summed E-state index contributed by atoms with van der Waals surface area (Å²) in [5, 5.41) is 11.2. The molecule has 11 heteroatoms. The lowest BCUT2D eigenvalue weighted by Crippen LogP contribution is -2.44. The number of fused-ring (bicyclic) bond motifs is 1. The van der Waals surface area contributed by atoms with Gasteiger partial charge in [0.1, 0.15) is 11.2 Å². The minimum absolute atomic E-state index is 0.0153. The highest BCUT2D eigenvalue weighted by molar-refractivity contribution is 5.91. The maximum absolute atomic E-state index is 15.2. The van der Waals surface area contributed by atoms with Crippen LogP contribution in [0.5, 0.6) is 5.75 Å². The molecule has 1 saturated heterocycles. The van der Waals surface area contributed by atoms with Crippen molar-refractivity contribution in [3.8, 4) is 5.75 Å². The predicted octanol–water partition coefficient (Wildman–Crippen LogP) is 0.700. The van der Waals surface area contributed by atoms with Gasteiger partial charge in [-0.15, -0.1) is 0 Å². The number of ether oxygens (including phenoxy) is 1. The Morgan fingerprint density at radius 3 is 2.67 bits per heavy atom. The van der Waals surface area contributed by atoms with E-state index in [2.05, 4.69) is 5.32 Å². The largest absolute Gasteiger partial charge is 0.492 e. The van der Waals surface area contributed by atoms with Crippen molar-refractivity contribution in [2.45, 2.75) is 25.8 Å². The van der Waals surface area contributed by atoms with E-state index in [1.54, 1.807) is 4.90 Å². The summed E-state index contributed by atoms with van der Waals surface area (Å²) < 4.78 is 22.7. The van der Waals surface area contributed by atoms with Gasteiger partial charge in [-0.2, -0.15) is 4.68 Å². The van der Waals surface area contributed by atoms with Crippen molar-refractivity contribution in [2.24, 2.45) is 11.8 Å². The lowest BCUT2D eigenvalue weighted by atomic mass is 9.98. The summed E-state index contributed by atoms with van der Waals surface area (Å²) in [7, 11) is 1.37. The van der Waals surface area contributed by atoms with Gasteiger partial charge >= 0.3 is 11.8 Å². The topological polar surface area (TPSA) is 132 Å². The second-order valence-electron chi connectivity index (χ2n) is 8.02. The number of carbonyl (C=O) groups is 1. The average Bonchev–Trinajstić information content (AvgIpc) is 3.46. The fourth-order valence-corrected chi connectivity index (χ4v) is 4.30. The highest BCUT2D eigenvalue weighted by Gasteiger charge is 2.36. The first-order valence-electron chi connectivity index (χ1n) is 9.79. The van der Waals surface area contributed by atoms with Gasteiger partial charge in [0.15, 0.2) is 11.6 Å². The van der Waals surface area contributed by atoms with Crippen molar-refractivity contribution in [3.63, 3.8) is 0 Å². The third-order valence-electron chi connectivity index (χ3n) is 6.00. The van der Waals surface area contributed by atoms with Crippen molar-refractivity contribution < 1.29 is 19.0 Å². The minimum Gasteiger partial charge on any atom is -0.492 e. The SMILES string of the molecule is COc1c(N2C[C@@H](CNC(=O)O)[C@H](C)C2)c(F)cc2c(=O)n(N)c(=O)n(C3CC3)c12. The molecule has 30 heavy (non-hydrogen) atoms. The Morgan fingerprint density at radius 1 is 1.37 bits per heavy atom. The van der Waals surface area contributed by atoms with Gasteiger partial charge < -0.3 is 25.9 Å². The lowest BCUT2D eigenvalue weighted by Gasteiger charge is -2.24. The number of nitrogens with zero attached hydrogens (tertiary/aromatic N) is 3. The van der Waals surface area contributed by atoms with E-state index in [-0.39, 0.29) is 46.8 Å². The first kappa shape index (κ1) is 20.0. The van der Waals surface area contributed by atoms with Crippen LogP contribution in [-0.2, 0) is 0 Å². The van der Waals surface area contributed by atoms with Crippen LogP contribution in [-0.4, -0.2) is 47.2 Å². The Bertz CT molecular complexity index is 1140. The molecule has 0 radical (unpaired) electrons. The van der Waals surface area contributed by atoms with Crippen LogP contribution in [0.1, 0.15) is 25.8 Å². The standard InChI is InChI=1S/C19H24FN5O5/c1-9-7-23(8-10(9)6-22-18(27)28)15-13(20)5-12-14(16(15)30-2)24(11-3-4-11)19(29)25(21)17(12)26/h5,9-11,22H,3-4,6-8,21H2,1-2H3,(H,27,28)/t9-,10-/m1/s1. The zero-order chi connectivity index (χ0) is 21.7. The molecule has 1 aliphatic carbocycles. The van der Waals surface area contributed by atoms with Crippen molar-refractivity contribution in [2.75, 3.05) is 37.5 Å². The lowest BCUT2D eigenvalue weighted by molar-refractivity contribution is 0.191. The van der Waals surface area contributed by atoms with Crippen LogP contribution in [0.15, 0.2) is 15.7 Å². The summed E-state index contributed by atoms with van der Waals surface area (Å²) in [5.41, 5.74) is -1.04. The second-order valence-corrected chi connectivity index (χ2v) is 8.02. The van der Waals surface area contributed by atoms with Crippen molar-refractivity contribution in [3.05, 3.63) is 32.7 Å². The minimum atomic E-state index is -1.11. The van der Waals surface area contributed by atoms with Crippen molar-refractivity contribution in [1.29, 1.82) is 0 Å². The van der Waals surface area contributed by atoms with Crippen LogP contribution in [0, 0.1) is 17.7 Å². The fourth-order valence-electron chi connectivity index (χ4n) is 4.30. The maximum Gasteiger partial charge on any atom is 0.404 e. The molecule has 4 rings (SSSR count). The van der Waals surface area contributed by atoms with Gasteiger partial charge in [-0.3, -0.25) is 9.36 Å². The predicted molar refractivity (Wildman–Crippen MR) is 108 cm³/mol. The molecule has 2 fully saturated rings. The van der Waals surface area contributed by atoms with Crippen LogP contribution in [0.2, 0.25) is 0 Å². The molecule has 162 valence electrons. The number of methoxy groups -OCH3 is 1. The van der Waals surface area contributed by atoms with E-state index in [0.717, 1.165) is 18.9 Å². The quantitative estimate of drug-likeness (QED) is 0.606. The van der Waals surface area contributed by atoms with E-state index < -0.39 is 23.2 Å². The van der Waals surface area contributed by atoms with Crippen LogP contribution < -0.4 is 32.0 Å². The van der Waals surface area contributed by atoms with Gasteiger partial charge in [-0.1, -0.05) is 6.92 Å². The number of hydrogen-bond acceptors (Lipinski definition) is 6. The molecular formula is C19H24FN5O5. The molecule has 1 aliphatic heterocycles. The fraction of sp³-hybridized carbons (Fsp3) is 0.526. The number of halogens is 1. The molecule has 1 saturated carbocycles. The van der Waals surface area contributed by atoms with E-state index in [9.17, 15) is 14.4 Å². The molecule has 0 unspecified atom stereocenters. The molecule has 1 amide bonds. The van der Waals surface area contributed by atoms with Crippen LogP contribution in [0.3, 0.4) is 0 Å². The molecule has 2 aromatic rings. The van der Waals surface area contributed by atoms with Crippen molar-refractivity contribution in [1.82, 2.24) is 14.6 Å². The first-order valence-corrected chi connectivity index (χ1v) is 9.79. The zero-order valence-corrected chi connectivity index (χ0v) is 16.7. The van der Waals surface area contributed by atoms with Crippen LogP contribution >= 0.6 is 0 Å². The van der Waals surface area contributed by atoms with Crippen LogP contribution in [0.25, 0.3) is 10.9 Å². The van der Waals surface area contributed by atoms with Crippen molar-refractivity contribution >= 4 is 22.7 Å². The summed E-state index contributed by atoms with van der Waals surface area (Å²) in [6.45, 7) is 3.09. The molecule has 2 atom stereocenters. The van der Waals surface area contributed by atoms with Gasteiger partial charge in [-0.05, 0) is 30.7 Å². The Balaban J connectivity index is 1.88. The van der Waals surface area contributed by atoms with Gasteiger partial charge in [-0.25, -0.2) is 14.0 Å². The van der Waals surface area contributed by atoms with Gasteiger partial charge in [0.05, 0.1) is 12.5 Å². The maximum atomic E-state index is 15.2. The van der Waals surface area contributed by atoms with E-state index >= 15 is 4.39 Å². The number of nitrogens with one attached hydrogen (secondary N) is 1. The van der Waals surface area contributed by atoms with E-state index in [4.69, 9.17) is 15.7 Å². The molecule has 2 aliphatic rings. The molecule has 4 N–H and O–H groups in total. The number of rotatable bonds is 5. The normalized spacial score (nSPS) is 21.2. The Hall–Kier alpha value is -3.24. The smallest absolute Gasteiger partial charge is 0.404 e. The summed E-state index contributed by atoms with van der Waals surface area (Å²) in [4.78, 5) is 37.9. The zero-order valence-electron chi connectivity index (χ0n) is 16.7. The third-order valence-corrected chi connectivity index (χ3v) is 6.00. The summed E-state index contributed by atoms with van der Waals surface area (Å²) in [6, 6.07) is 0.984. The number of aromatic nitrogens is 2. The summed E-state index contributed by atoms with van der Waals surface area (Å²) >= 11 is 0. The van der Waals surface area contributed by atoms with E-state index in [1.165, 1.54) is 11.7 Å². The molecule has 1 aromatic heterocycles. The third kappa shape index (κ3) is 3.14. The number of carboxylic acid groups (broad SMARTS) is 1. The monoisotopic (exact) mass is 421 g/mol. The molecule has 1 aromatic carbocycles. The number of amides is 1. The van der Waals surface area contributed by atoms with Gasteiger partial charge in [0.25, 0.3) is 5.56 Å². The number of nitrogen functional groups attached to an aromatic ring is 1. The highest BCUT2D eigenvalue weighted by atomic mass is 19.1. The van der Waals surface area contributed by atoms with Gasteiger partial charge in [0.2, 0.25) is 0 Å². The molecule has 0 spiro atoms. The summed E-state index contributed by atoms with van der Waals surface area (Å²) in [6.07, 6.45) is 0.404. The highest BCUT2D eigenvalue weighted by Crippen LogP contribution is 2.43. The second kappa shape index (κ2) is 7.22. The van der Waals surface area contributed by atoms with Gasteiger partial charge in [0, 0.05) is 25.7 Å². The summed E-state index contributed by atoms with van der Waals surface area (Å²) in [5.74, 6) is 5.19. The van der Waals surface area contributed by atoms with E-state index in [0.29, 0.717) is 17.8 Å². The average molecular weight is 421 g/mol. The molecular weight excluding hydrogens is 397 g/mol. The first-order chi connectivity index (χ1) is 14.2. The molecule has 10 nitrogen and oxygen atoms in total. The van der Waals surface area contributed by atoms with E-state index in [1.807, 2.05) is 6.92 Å². The number of benzene rings is 1. The molecule has 0 bridgehead atoms. The Morgan fingerprint density at radius 2 is 2.07 bits per heavy atom. The Kier molecular flexibility index (Phi) is 4.83. The van der Waals surface area contributed by atoms with Crippen LogP contribution in [0.4, 0.5) is 14.9 Å². The number of hydrogen-bond donors (Lipinski definition) is 3.